The molecule has 3 rings (SSSR count). The van der Waals surface area contributed by atoms with Gasteiger partial charge in [0, 0.05) is 45.7 Å². The minimum atomic E-state index is -1.03. The Morgan fingerprint density at radius 1 is 1.26 bits per heavy atom. The van der Waals surface area contributed by atoms with Crippen molar-refractivity contribution in [2.24, 2.45) is 10.9 Å². The van der Waals surface area contributed by atoms with Gasteiger partial charge in [-0.3, -0.25) is 24.9 Å². The summed E-state index contributed by atoms with van der Waals surface area (Å²) in [5.74, 6) is -2.60. The quantitative estimate of drug-likeness (QED) is 0.570. The summed E-state index contributed by atoms with van der Waals surface area (Å²) in [6.45, 7) is 3.46. The Hall–Kier alpha value is -2.87. The van der Waals surface area contributed by atoms with Crippen molar-refractivity contribution in [2.75, 3.05) is 0 Å². The second kappa shape index (κ2) is 7.40. The summed E-state index contributed by atoms with van der Waals surface area (Å²) in [6.07, 6.45) is 1.63. The van der Waals surface area contributed by atoms with E-state index in [0.29, 0.717) is 28.2 Å². The Labute approximate surface area is 163 Å². The van der Waals surface area contributed by atoms with Crippen LogP contribution in [0.2, 0.25) is 0 Å². The summed E-state index contributed by atoms with van der Waals surface area (Å²) in [7, 11) is 0. The molecule has 0 radical (unpaired) electrons. The monoisotopic (exact) mass is 429 g/mol. The summed E-state index contributed by atoms with van der Waals surface area (Å²) in [4.78, 5) is 31.6. The highest BCUT2D eigenvalue weighted by Crippen LogP contribution is 2.44. The van der Waals surface area contributed by atoms with Gasteiger partial charge in [-0.2, -0.15) is 0 Å². The van der Waals surface area contributed by atoms with Crippen LogP contribution in [0.3, 0.4) is 0 Å². The number of pyridine rings is 1. The number of nitro benzene ring substituents is 1. The minimum Gasteiger partial charge on any atom is -0.481 e. The van der Waals surface area contributed by atoms with Gasteiger partial charge >= 0.3 is 5.97 Å². The van der Waals surface area contributed by atoms with E-state index in [4.69, 9.17) is 0 Å². The van der Waals surface area contributed by atoms with E-state index in [-0.39, 0.29) is 5.69 Å². The molecule has 0 aliphatic carbocycles. The van der Waals surface area contributed by atoms with Gasteiger partial charge in [-0.1, -0.05) is 12.1 Å². The number of hydrogen-bond acceptors (Lipinski definition) is 5. The number of rotatable bonds is 4. The number of allylic oxidation sites excluding steroid dienone is 2. The SMILES string of the molecule is CC1=NC(C)=C(c2ccc(Br)cn2)C(c2cccc([N+](=O)[O-])c2)C1C(=O)O. The molecule has 2 atom stereocenters. The highest BCUT2D eigenvalue weighted by atomic mass is 79.9. The van der Waals surface area contributed by atoms with E-state index in [2.05, 4.69) is 25.9 Å². The molecule has 1 aromatic heterocycles. The topological polar surface area (TPSA) is 106 Å². The molecule has 1 aliphatic rings. The molecule has 2 aromatic rings. The molecule has 1 N–H and O–H groups in total. The molecule has 2 unspecified atom stereocenters. The van der Waals surface area contributed by atoms with Crippen LogP contribution in [0.1, 0.15) is 31.0 Å². The van der Waals surface area contributed by atoms with Crippen molar-refractivity contribution in [1.82, 2.24) is 4.98 Å². The molecule has 0 spiro atoms. The van der Waals surface area contributed by atoms with Crippen LogP contribution in [0.15, 0.2) is 57.8 Å². The third-order valence-electron chi connectivity index (χ3n) is 4.54. The fourth-order valence-electron chi connectivity index (χ4n) is 3.42. The van der Waals surface area contributed by atoms with E-state index in [0.717, 1.165) is 4.47 Å². The highest BCUT2D eigenvalue weighted by molar-refractivity contribution is 9.10. The maximum absolute atomic E-state index is 12.0. The molecular weight excluding hydrogens is 414 g/mol. The molecule has 8 heteroatoms. The molecule has 138 valence electrons. The van der Waals surface area contributed by atoms with Crippen LogP contribution in [0.4, 0.5) is 5.69 Å². The highest BCUT2D eigenvalue weighted by Gasteiger charge is 2.39. The zero-order valence-electron chi connectivity index (χ0n) is 14.6. The maximum Gasteiger partial charge on any atom is 0.313 e. The second-order valence-electron chi connectivity index (χ2n) is 6.26. The standard InChI is InChI=1S/C19H16BrN3O4/c1-10-16(15-7-6-13(20)9-21-15)18(17(19(24)25)11(2)22-10)12-4-3-5-14(8-12)23(26)27/h3-9,17-18H,1-2H3,(H,24,25). The van der Waals surface area contributed by atoms with E-state index in [9.17, 15) is 20.0 Å². The van der Waals surface area contributed by atoms with Crippen LogP contribution in [-0.2, 0) is 4.79 Å². The first-order valence-electron chi connectivity index (χ1n) is 8.14. The molecule has 1 aromatic carbocycles. The third-order valence-corrected chi connectivity index (χ3v) is 5.01. The summed E-state index contributed by atoms with van der Waals surface area (Å²) >= 11 is 3.34. The number of hydrogen-bond donors (Lipinski definition) is 1. The molecule has 7 nitrogen and oxygen atoms in total. The molecule has 2 heterocycles. The van der Waals surface area contributed by atoms with Crippen molar-refractivity contribution in [3.05, 3.63) is 74.1 Å². The fourth-order valence-corrected chi connectivity index (χ4v) is 3.65. The van der Waals surface area contributed by atoms with Gasteiger partial charge in [-0.05, 0) is 47.5 Å². The molecule has 0 bridgehead atoms. The number of halogens is 1. The first-order chi connectivity index (χ1) is 12.8. The number of nitro groups is 1. The normalized spacial score (nSPS) is 19.6. The number of carboxylic acids is 1. The van der Waals surface area contributed by atoms with Gasteiger partial charge in [-0.25, -0.2) is 0 Å². The number of nitrogens with zero attached hydrogens (tertiary/aromatic N) is 3. The predicted octanol–water partition coefficient (Wildman–Crippen LogP) is 4.44. The average molecular weight is 430 g/mol. The average Bonchev–Trinajstić information content (AvgIpc) is 2.62. The number of aliphatic carboxylic acids is 1. The van der Waals surface area contributed by atoms with E-state index < -0.39 is 22.7 Å². The summed E-state index contributed by atoms with van der Waals surface area (Å²) in [6, 6.07) is 9.67. The van der Waals surface area contributed by atoms with Crippen molar-refractivity contribution < 1.29 is 14.8 Å². The van der Waals surface area contributed by atoms with Gasteiger partial charge in [0.25, 0.3) is 5.69 Å². The molecule has 0 amide bonds. The Bertz CT molecular complexity index is 983. The summed E-state index contributed by atoms with van der Waals surface area (Å²) in [5.41, 5.74) is 2.81. The van der Waals surface area contributed by atoms with Crippen molar-refractivity contribution in [3.63, 3.8) is 0 Å². The first kappa shape index (κ1) is 18.9. The Balaban J connectivity index is 2.25. The lowest BCUT2D eigenvalue weighted by molar-refractivity contribution is -0.384. The van der Waals surface area contributed by atoms with Crippen LogP contribution in [-0.4, -0.2) is 26.7 Å². The van der Waals surface area contributed by atoms with E-state index >= 15 is 0 Å². The second-order valence-corrected chi connectivity index (χ2v) is 7.18. The zero-order chi connectivity index (χ0) is 19.7. The van der Waals surface area contributed by atoms with Crippen LogP contribution in [0.25, 0.3) is 5.57 Å². The molecule has 1 aliphatic heterocycles. The van der Waals surface area contributed by atoms with Gasteiger partial charge in [0.1, 0.15) is 5.92 Å². The largest absolute Gasteiger partial charge is 0.481 e. The number of benzene rings is 1. The minimum absolute atomic E-state index is 0.0856. The fraction of sp³-hybridized carbons (Fsp3) is 0.211. The van der Waals surface area contributed by atoms with Gasteiger partial charge in [0.2, 0.25) is 0 Å². The predicted molar refractivity (Wildman–Crippen MR) is 105 cm³/mol. The Kier molecular flexibility index (Phi) is 5.18. The maximum atomic E-state index is 12.0. The molecule has 0 saturated heterocycles. The summed E-state index contributed by atoms with van der Waals surface area (Å²) in [5, 5.41) is 21.1. The van der Waals surface area contributed by atoms with E-state index in [1.54, 1.807) is 38.2 Å². The van der Waals surface area contributed by atoms with Crippen LogP contribution in [0, 0.1) is 16.0 Å². The molecule has 0 fully saturated rings. The van der Waals surface area contributed by atoms with Gasteiger partial charge in [0.05, 0.1) is 10.6 Å². The van der Waals surface area contributed by atoms with Crippen molar-refractivity contribution in [1.29, 1.82) is 0 Å². The van der Waals surface area contributed by atoms with Crippen molar-refractivity contribution in [3.8, 4) is 0 Å². The smallest absolute Gasteiger partial charge is 0.313 e. The molecule has 27 heavy (non-hydrogen) atoms. The lowest BCUT2D eigenvalue weighted by Gasteiger charge is -2.31. The van der Waals surface area contributed by atoms with E-state index in [1.807, 2.05) is 6.07 Å². The lowest BCUT2D eigenvalue weighted by atomic mass is 9.74. The number of aromatic nitrogens is 1. The van der Waals surface area contributed by atoms with Crippen LogP contribution >= 0.6 is 15.9 Å². The Morgan fingerprint density at radius 3 is 2.59 bits per heavy atom. The number of aliphatic imine (C=N–C) groups is 1. The van der Waals surface area contributed by atoms with Crippen molar-refractivity contribution >= 4 is 38.9 Å². The Morgan fingerprint density at radius 2 is 2.00 bits per heavy atom. The van der Waals surface area contributed by atoms with Crippen LogP contribution < -0.4 is 0 Å². The molecular formula is C19H16BrN3O4. The van der Waals surface area contributed by atoms with Gasteiger partial charge in [-0.15, -0.1) is 0 Å². The van der Waals surface area contributed by atoms with Gasteiger partial charge < -0.3 is 5.11 Å². The third kappa shape index (κ3) is 3.66. The lowest BCUT2D eigenvalue weighted by Crippen LogP contribution is -2.32. The molecule has 0 saturated carbocycles. The number of carbonyl (C=O) groups is 1. The number of carboxylic acid groups (broad SMARTS) is 1. The van der Waals surface area contributed by atoms with Crippen molar-refractivity contribution in [2.45, 2.75) is 19.8 Å². The first-order valence-corrected chi connectivity index (χ1v) is 8.94. The number of non-ortho nitro benzene ring substituents is 1. The summed E-state index contributed by atoms with van der Waals surface area (Å²) < 4.78 is 0.793. The van der Waals surface area contributed by atoms with Gasteiger partial charge in [0.15, 0.2) is 0 Å². The zero-order valence-corrected chi connectivity index (χ0v) is 16.2. The van der Waals surface area contributed by atoms with E-state index in [1.165, 1.54) is 12.1 Å². The van der Waals surface area contributed by atoms with Crippen LogP contribution in [0.5, 0.6) is 0 Å².